The van der Waals surface area contributed by atoms with Crippen molar-refractivity contribution in [2.75, 3.05) is 62.2 Å². The zero-order valence-electron chi connectivity index (χ0n) is 21.3. The molecule has 2 aliphatic heterocycles. The van der Waals surface area contributed by atoms with E-state index in [1.165, 1.54) is 22.4 Å². The monoisotopic (exact) mass is 474 g/mol. The number of rotatable bonds is 6. The van der Waals surface area contributed by atoms with Crippen LogP contribution in [-0.4, -0.2) is 73.1 Å². The van der Waals surface area contributed by atoms with E-state index >= 15 is 0 Å². The highest BCUT2D eigenvalue weighted by Gasteiger charge is 2.26. The molecule has 0 unspecified atom stereocenters. The molecule has 0 saturated carbocycles. The number of carbonyl (C=O) groups is 1. The molecule has 186 valence electrons. The maximum absolute atomic E-state index is 12.8. The number of piperazine rings is 1. The highest BCUT2D eigenvalue weighted by molar-refractivity contribution is 5.80. The predicted octanol–water partition coefficient (Wildman–Crippen LogP) is 3.64. The molecule has 0 radical (unpaired) electrons. The standard InChI is InChI=1S/C28H38N6O/c1-20-7-8-24-25(19-20)31-28(30-24)34-12-9-23(10-13-34)27(35)29-11-14-32-15-17-33(18-16-32)26-6-4-5-21(2)22(26)3/h4-8,19,23H,9-18H2,1-3H3,(H,29,35)(H,30,31). The van der Waals surface area contributed by atoms with Crippen LogP contribution in [0.3, 0.4) is 0 Å². The van der Waals surface area contributed by atoms with Gasteiger partial charge in [-0.05, 0) is 68.5 Å². The van der Waals surface area contributed by atoms with Gasteiger partial charge in [0.05, 0.1) is 11.0 Å². The first-order valence-electron chi connectivity index (χ1n) is 13.0. The molecule has 2 fully saturated rings. The quantitative estimate of drug-likeness (QED) is 0.571. The number of hydrogen-bond acceptors (Lipinski definition) is 5. The van der Waals surface area contributed by atoms with Gasteiger partial charge in [0.1, 0.15) is 0 Å². The van der Waals surface area contributed by atoms with E-state index in [9.17, 15) is 4.79 Å². The summed E-state index contributed by atoms with van der Waals surface area (Å²) in [5.74, 6) is 1.22. The second kappa shape index (κ2) is 10.3. The van der Waals surface area contributed by atoms with Crippen LogP contribution in [0.5, 0.6) is 0 Å². The molecule has 0 atom stereocenters. The van der Waals surface area contributed by atoms with E-state index in [2.05, 4.69) is 82.2 Å². The molecule has 2 saturated heterocycles. The van der Waals surface area contributed by atoms with E-state index < -0.39 is 0 Å². The SMILES string of the molecule is Cc1ccc2nc(N3CCC(C(=O)NCCN4CCN(c5cccc(C)c5C)CC4)CC3)[nH]c2c1. The van der Waals surface area contributed by atoms with Crippen LogP contribution in [0.4, 0.5) is 11.6 Å². The zero-order valence-corrected chi connectivity index (χ0v) is 21.3. The second-order valence-corrected chi connectivity index (χ2v) is 10.2. The maximum atomic E-state index is 12.8. The smallest absolute Gasteiger partial charge is 0.223 e. The molecule has 7 nitrogen and oxygen atoms in total. The molecule has 1 aromatic heterocycles. The van der Waals surface area contributed by atoms with Crippen LogP contribution in [0.25, 0.3) is 11.0 Å². The number of H-pyrrole nitrogens is 1. The lowest BCUT2D eigenvalue weighted by Crippen LogP contribution is -2.49. The van der Waals surface area contributed by atoms with Crippen molar-refractivity contribution in [2.24, 2.45) is 5.92 Å². The van der Waals surface area contributed by atoms with Gasteiger partial charge >= 0.3 is 0 Å². The Morgan fingerprint density at radius 3 is 2.54 bits per heavy atom. The van der Waals surface area contributed by atoms with Gasteiger partial charge in [0, 0.05) is 64.0 Å². The molecule has 2 aliphatic rings. The van der Waals surface area contributed by atoms with Crippen LogP contribution >= 0.6 is 0 Å². The van der Waals surface area contributed by atoms with Gasteiger partial charge < -0.3 is 20.1 Å². The van der Waals surface area contributed by atoms with Gasteiger partial charge in [-0.2, -0.15) is 0 Å². The van der Waals surface area contributed by atoms with Crippen LogP contribution in [0.1, 0.15) is 29.5 Å². The summed E-state index contributed by atoms with van der Waals surface area (Å²) in [7, 11) is 0. The Kier molecular flexibility index (Phi) is 6.95. The average Bonchev–Trinajstić information content (AvgIpc) is 3.29. The number of aromatic amines is 1. The lowest BCUT2D eigenvalue weighted by atomic mass is 9.96. The lowest BCUT2D eigenvalue weighted by molar-refractivity contribution is -0.125. The molecule has 3 aromatic rings. The first kappa shape index (κ1) is 23.7. The van der Waals surface area contributed by atoms with Gasteiger partial charge in [0.15, 0.2) is 0 Å². The van der Waals surface area contributed by atoms with Crippen molar-refractivity contribution in [3.63, 3.8) is 0 Å². The molecule has 5 rings (SSSR count). The van der Waals surface area contributed by atoms with Gasteiger partial charge in [-0.1, -0.05) is 18.2 Å². The highest BCUT2D eigenvalue weighted by atomic mass is 16.1. The Labute approximate surface area is 208 Å². The third-order valence-corrected chi connectivity index (χ3v) is 7.81. The lowest BCUT2D eigenvalue weighted by Gasteiger charge is -2.37. The number of nitrogens with zero attached hydrogens (tertiary/aromatic N) is 4. The van der Waals surface area contributed by atoms with E-state index in [0.717, 1.165) is 82.2 Å². The molecule has 3 heterocycles. The molecule has 0 bridgehead atoms. The molecule has 7 heteroatoms. The maximum Gasteiger partial charge on any atom is 0.223 e. The van der Waals surface area contributed by atoms with Crippen LogP contribution < -0.4 is 15.1 Å². The van der Waals surface area contributed by atoms with E-state index in [1.807, 2.05) is 0 Å². The fourth-order valence-corrected chi connectivity index (χ4v) is 5.39. The summed E-state index contributed by atoms with van der Waals surface area (Å²) in [5, 5.41) is 3.21. The van der Waals surface area contributed by atoms with Crippen LogP contribution in [-0.2, 0) is 4.79 Å². The van der Waals surface area contributed by atoms with Crippen molar-refractivity contribution in [1.29, 1.82) is 0 Å². The average molecular weight is 475 g/mol. The van der Waals surface area contributed by atoms with Gasteiger partial charge in [-0.15, -0.1) is 0 Å². The summed E-state index contributed by atoms with van der Waals surface area (Å²) in [6, 6.07) is 12.9. The number of fused-ring (bicyclic) bond motifs is 1. The number of benzene rings is 2. The first-order chi connectivity index (χ1) is 17.0. The molecule has 2 N–H and O–H groups in total. The summed E-state index contributed by atoms with van der Waals surface area (Å²) in [6.07, 6.45) is 1.74. The number of aromatic nitrogens is 2. The Balaban J connectivity index is 1.03. The van der Waals surface area contributed by atoms with Gasteiger partial charge in [-0.25, -0.2) is 4.98 Å². The molecule has 2 aromatic carbocycles. The highest BCUT2D eigenvalue weighted by Crippen LogP contribution is 2.25. The number of hydrogen-bond donors (Lipinski definition) is 2. The summed E-state index contributed by atoms with van der Waals surface area (Å²) in [4.78, 5) is 28.2. The molecule has 0 spiro atoms. The summed E-state index contributed by atoms with van der Waals surface area (Å²) < 4.78 is 0. The van der Waals surface area contributed by atoms with Crippen molar-refractivity contribution < 1.29 is 4.79 Å². The molecule has 35 heavy (non-hydrogen) atoms. The number of carbonyl (C=O) groups excluding carboxylic acids is 1. The Morgan fingerprint density at radius 1 is 1.00 bits per heavy atom. The van der Waals surface area contributed by atoms with Gasteiger partial charge in [0.2, 0.25) is 11.9 Å². The number of imidazole rings is 1. The summed E-state index contributed by atoms with van der Waals surface area (Å²) in [5.41, 5.74) is 7.41. The topological polar surface area (TPSA) is 67.5 Å². The minimum Gasteiger partial charge on any atom is -0.369 e. The minimum absolute atomic E-state index is 0.0963. The largest absolute Gasteiger partial charge is 0.369 e. The van der Waals surface area contributed by atoms with Crippen molar-refractivity contribution in [2.45, 2.75) is 33.6 Å². The fourth-order valence-electron chi connectivity index (χ4n) is 5.39. The third kappa shape index (κ3) is 5.30. The molecular formula is C28H38N6O. The minimum atomic E-state index is 0.0963. The second-order valence-electron chi connectivity index (χ2n) is 10.2. The summed E-state index contributed by atoms with van der Waals surface area (Å²) >= 11 is 0. The van der Waals surface area contributed by atoms with E-state index in [4.69, 9.17) is 4.98 Å². The molecule has 1 amide bonds. The first-order valence-corrected chi connectivity index (χ1v) is 13.0. The fraction of sp³-hybridized carbons (Fsp3) is 0.500. The Hall–Kier alpha value is -3.06. The Morgan fingerprint density at radius 2 is 1.77 bits per heavy atom. The Bertz CT molecular complexity index is 1170. The van der Waals surface area contributed by atoms with Crippen molar-refractivity contribution in [3.05, 3.63) is 53.1 Å². The third-order valence-electron chi connectivity index (χ3n) is 7.81. The number of nitrogens with one attached hydrogen (secondary N) is 2. The molecule has 0 aliphatic carbocycles. The van der Waals surface area contributed by atoms with Gasteiger partial charge in [0.25, 0.3) is 0 Å². The molecular weight excluding hydrogens is 436 g/mol. The number of piperidine rings is 1. The van der Waals surface area contributed by atoms with Crippen LogP contribution in [0.2, 0.25) is 0 Å². The normalized spacial score (nSPS) is 17.8. The summed E-state index contributed by atoms with van der Waals surface area (Å²) in [6.45, 7) is 14.0. The van der Waals surface area contributed by atoms with Gasteiger partial charge in [-0.3, -0.25) is 9.69 Å². The van der Waals surface area contributed by atoms with Crippen molar-refractivity contribution in [3.8, 4) is 0 Å². The van der Waals surface area contributed by atoms with E-state index in [0.29, 0.717) is 0 Å². The van der Waals surface area contributed by atoms with E-state index in [1.54, 1.807) is 0 Å². The number of aryl methyl sites for hydroxylation is 2. The predicted molar refractivity (Wildman–Crippen MR) is 143 cm³/mol. The number of anilines is 2. The van der Waals surface area contributed by atoms with E-state index in [-0.39, 0.29) is 11.8 Å². The van der Waals surface area contributed by atoms with Crippen molar-refractivity contribution in [1.82, 2.24) is 20.2 Å². The zero-order chi connectivity index (χ0) is 24.4. The van der Waals surface area contributed by atoms with Crippen LogP contribution in [0, 0.1) is 26.7 Å². The van der Waals surface area contributed by atoms with Crippen LogP contribution in [0.15, 0.2) is 36.4 Å². The van der Waals surface area contributed by atoms with Crippen molar-refractivity contribution >= 4 is 28.6 Å². The number of amides is 1.